The number of carbonyl (C=O) groups is 1. The topological polar surface area (TPSA) is 97.3 Å². The van der Waals surface area contributed by atoms with E-state index >= 15 is 0 Å². The summed E-state index contributed by atoms with van der Waals surface area (Å²) in [4.78, 5) is 44.7. The van der Waals surface area contributed by atoms with Crippen molar-refractivity contribution in [3.63, 3.8) is 0 Å². The Kier molecular flexibility index (Phi) is 4.23. The van der Waals surface area contributed by atoms with Crippen LogP contribution >= 0.6 is 0 Å². The van der Waals surface area contributed by atoms with Crippen molar-refractivity contribution >= 4 is 16.9 Å². The summed E-state index contributed by atoms with van der Waals surface area (Å²) in [5.41, 5.74) is -0.426. The Hall–Kier alpha value is -2.48. The van der Waals surface area contributed by atoms with Gasteiger partial charge in [-0.05, 0) is 26.8 Å². The number of aromatic nitrogens is 3. The first-order valence-corrected chi connectivity index (χ1v) is 7.98. The van der Waals surface area contributed by atoms with E-state index in [-0.39, 0.29) is 29.1 Å². The normalized spacial score (nSPS) is 21.2. The quantitative estimate of drug-likeness (QED) is 0.856. The summed E-state index contributed by atoms with van der Waals surface area (Å²) in [7, 11) is 0. The number of morpholine rings is 1. The molecule has 2 aromatic rings. The second-order valence-corrected chi connectivity index (χ2v) is 6.07. The van der Waals surface area contributed by atoms with Gasteiger partial charge < -0.3 is 9.64 Å². The molecule has 24 heavy (non-hydrogen) atoms. The molecule has 0 spiro atoms. The molecule has 128 valence electrons. The van der Waals surface area contributed by atoms with Crippen molar-refractivity contribution in [3.8, 4) is 0 Å². The van der Waals surface area contributed by atoms with Gasteiger partial charge in [0.25, 0.3) is 11.5 Å². The third-order valence-corrected chi connectivity index (χ3v) is 4.10. The van der Waals surface area contributed by atoms with Gasteiger partial charge in [-0.25, -0.2) is 9.78 Å². The van der Waals surface area contributed by atoms with E-state index in [4.69, 9.17) is 4.74 Å². The first-order valence-electron chi connectivity index (χ1n) is 7.98. The summed E-state index contributed by atoms with van der Waals surface area (Å²) in [6.07, 6.45) is 1.33. The number of amides is 1. The molecule has 0 aromatic carbocycles. The van der Waals surface area contributed by atoms with Gasteiger partial charge in [0.15, 0.2) is 0 Å². The number of hydrogen-bond donors (Lipinski definition) is 1. The maximum Gasteiger partial charge on any atom is 0.329 e. The number of ether oxygens (including phenoxy) is 1. The van der Waals surface area contributed by atoms with Crippen molar-refractivity contribution in [2.24, 2.45) is 0 Å². The third-order valence-electron chi connectivity index (χ3n) is 4.10. The molecule has 1 aliphatic heterocycles. The predicted octanol–water partition coefficient (Wildman–Crippen LogP) is 0.354. The van der Waals surface area contributed by atoms with E-state index in [0.29, 0.717) is 25.2 Å². The van der Waals surface area contributed by atoms with Crippen LogP contribution in [0.5, 0.6) is 0 Å². The molecule has 8 nitrogen and oxygen atoms in total. The Morgan fingerprint density at radius 1 is 1.33 bits per heavy atom. The van der Waals surface area contributed by atoms with Crippen LogP contribution in [0.4, 0.5) is 0 Å². The highest BCUT2D eigenvalue weighted by molar-refractivity contribution is 5.96. The minimum Gasteiger partial charge on any atom is -0.372 e. The second-order valence-electron chi connectivity index (χ2n) is 6.07. The van der Waals surface area contributed by atoms with Crippen molar-refractivity contribution in [3.05, 3.63) is 38.7 Å². The molecule has 1 amide bonds. The average molecular weight is 332 g/mol. The van der Waals surface area contributed by atoms with Gasteiger partial charge in [0.05, 0.1) is 23.2 Å². The van der Waals surface area contributed by atoms with Crippen LogP contribution in [0.2, 0.25) is 0 Å². The Balaban J connectivity index is 2.03. The lowest BCUT2D eigenvalue weighted by Crippen LogP contribution is -2.48. The summed E-state index contributed by atoms with van der Waals surface area (Å²) in [6, 6.07) is 1.50. The number of hydrogen-bond acceptors (Lipinski definition) is 5. The Labute approximate surface area is 138 Å². The van der Waals surface area contributed by atoms with Crippen molar-refractivity contribution in [1.82, 2.24) is 19.4 Å². The molecule has 2 aromatic heterocycles. The molecule has 0 aliphatic carbocycles. The van der Waals surface area contributed by atoms with E-state index in [2.05, 4.69) is 9.97 Å². The maximum atomic E-state index is 12.7. The third kappa shape index (κ3) is 2.84. The molecular formula is C16H20N4O4. The fraction of sp³-hybridized carbons (Fsp3) is 0.500. The molecule has 1 aliphatic rings. The number of carbonyl (C=O) groups excluding carboxylic acids is 1. The van der Waals surface area contributed by atoms with E-state index in [9.17, 15) is 14.4 Å². The highest BCUT2D eigenvalue weighted by Crippen LogP contribution is 2.15. The number of aryl methyl sites for hydroxylation is 1. The van der Waals surface area contributed by atoms with Crippen LogP contribution in [-0.4, -0.2) is 50.6 Å². The largest absolute Gasteiger partial charge is 0.372 e. The van der Waals surface area contributed by atoms with Crippen molar-refractivity contribution in [2.75, 3.05) is 13.1 Å². The molecule has 0 radical (unpaired) electrons. The molecule has 2 unspecified atom stereocenters. The van der Waals surface area contributed by atoms with Crippen LogP contribution in [-0.2, 0) is 11.3 Å². The van der Waals surface area contributed by atoms with Crippen LogP contribution < -0.4 is 11.2 Å². The number of H-pyrrole nitrogens is 1. The molecular weight excluding hydrogens is 312 g/mol. The summed E-state index contributed by atoms with van der Waals surface area (Å²) in [6.45, 7) is 6.98. The molecule has 3 rings (SSSR count). The number of aromatic amines is 1. The van der Waals surface area contributed by atoms with Crippen LogP contribution in [0, 0.1) is 0 Å². The molecule has 1 saturated heterocycles. The molecule has 0 saturated carbocycles. The number of pyridine rings is 1. The lowest BCUT2D eigenvalue weighted by atomic mass is 10.1. The fourth-order valence-corrected chi connectivity index (χ4v) is 3.10. The zero-order chi connectivity index (χ0) is 17.4. The van der Waals surface area contributed by atoms with Crippen LogP contribution in [0.25, 0.3) is 11.0 Å². The SMILES string of the molecule is CCn1c(=O)[nH]c(=O)c2cc(C(=O)N3CC(C)OC(C)C3)cnc21. The molecule has 8 heteroatoms. The average Bonchev–Trinajstić information content (AvgIpc) is 2.53. The predicted molar refractivity (Wildman–Crippen MR) is 88.2 cm³/mol. The minimum absolute atomic E-state index is 0.0419. The monoisotopic (exact) mass is 332 g/mol. The molecule has 3 heterocycles. The van der Waals surface area contributed by atoms with Gasteiger partial charge in [-0.1, -0.05) is 0 Å². The highest BCUT2D eigenvalue weighted by Gasteiger charge is 2.27. The van der Waals surface area contributed by atoms with E-state index in [0.717, 1.165) is 0 Å². The van der Waals surface area contributed by atoms with Crippen LogP contribution in [0.15, 0.2) is 21.9 Å². The molecule has 2 atom stereocenters. The van der Waals surface area contributed by atoms with Gasteiger partial charge >= 0.3 is 5.69 Å². The lowest BCUT2D eigenvalue weighted by Gasteiger charge is -2.35. The Bertz CT molecular complexity index is 891. The zero-order valence-corrected chi connectivity index (χ0v) is 13.9. The van der Waals surface area contributed by atoms with E-state index < -0.39 is 11.2 Å². The summed E-state index contributed by atoms with van der Waals surface area (Å²) in [5.74, 6) is -0.194. The summed E-state index contributed by atoms with van der Waals surface area (Å²) < 4.78 is 7.00. The lowest BCUT2D eigenvalue weighted by molar-refractivity contribution is -0.0586. The van der Waals surface area contributed by atoms with Crippen molar-refractivity contribution in [1.29, 1.82) is 0 Å². The van der Waals surface area contributed by atoms with Crippen LogP contribution in [0.1, 0.15) is 31.1 Å². The van der Waals surface area contributed by atoms with Gasteiger partial charge in [-0.2, -0.15) is 0 Å². The molecule has 0 bridgehead atoms. The zero-order valence-electron chi connectivity index (χ0n) is 13.9. The van der Waals surface area contributed by atoms with Gasteiger partial charge in [0.1, 0.15) is 5.65 Å². The second kappa shape index (κ2) is 6.20. The van der Waals surface area contributed by atoms with Crippen LogP contribution in [0.3, 0.4) is 0 Å². The van der Waals surface area contributed by atoms with E-state index in [1.807, 2.05) is 13.8 Å². The Morgan fingerprint density at radius 3 is 2.62 bits per heavy atom. The fourth-order valence-electron chi connectivity index (χ4n) is 3.10. The Morgan fingerprint density at radius 2 is 2.00 bits per heavy atom. The smallest absolute Gasteiger partial charge is 0.329 e. The van der Waals surface area contributed by atoms with E-state index in [1.165, 1.54) is 16.8 Å². The summed E-state index contributed by atoms with van der Waals surface area (Å²) in [5, 5.41) is 0.233. The minimum atomic E-state index is -0.537. The maximum absolute atomic E-state index is 12.7. The summed E-state index contributed by atoms with van der Waals surface area (Å²) >= 11 is 0. The van der Waals surface area contributed by atoms with Crippen molar-refractivity contribution in [2.45, 2.75) is 39.5 Å². The van der Waals surface area contributed by atoms with Crippen molar-refractivity contribution < 1.29 is 9.53 Å². The molecule has 1 fully saturated rings. The number of fused-ring (bicyclic) bond motifs is 1. The number of nitrogens with one attached hydrogen (secondary N) is 1. The first-order chi connectivity index (χ1) is 11.4. The number of rotatable bonds is 2. The highest BCUT2D eigenvalue weighted by atomic mass is 16.5. The van der Waals surface area contributed by atoms with E-state index in [1.54, 1.807) is 11.8 Å². The van der Waals surface area contributed by atoms with Gasteiger partial charge in [-0.3, -0.25) is 19.1 Å². The first kappa shape index (κ1) is 16.4. The van der Waals surface area contributed by atoms with Gasteiger partial charge in [0.2, 0.25) is 0 Å². The van der Waals surface area contributed by atoms with Gasteiger partial charge in [0, 0.05) is 25.8 Å². The standard InChI is InChI=1S/C16H20N4O4/c1-4-20-13-12(14(21)18-16(20)23)5-11(6-17-13)15(22)19-7-9(2)24-10(3)8-19/h5-6,9-10H,4,7-8H2,1-3H3,(H,18,21,23). The number of nitrogens with zero attached hydrogens (tertiary/aromatic N) is 3. The van der Waals surface area contributed by atoms with Gasteiger partial charge in [-0.15, -0.1) is 0 Å². The molecule has 1 N–H and O–H groups in total.